The number of halogens is 1. The van der Waals surface area contributed by atoms with Gasteiger partial charge in [0.1, 0.15) is 0 Å². The number of benzene rings is 1. The topological polar surface area (TPSA) is 66.8 Å². The third-order valence-corrected chi connectivity index (χ3v) is 4.36. The Balaban J connectivity index is 1.83. The number of nitrogens with zero attached hydrogens (tertiary/aromatic N) is 1. The second-order valence-electron chi connectivity index (χ2n) is 4.89. The largest absolute Gasteiger partial charge is 0.452 e. The second kappa shape index (κ2) is 8.10. The fraction of sp³-hybridized carbons (Fsp3) is 0.250. The predicted octanol–water partition coefficient (Wildman–Crippen LogP) is 2.71. The lowest BCUT2D eigenvalue weighted by atomic mass is 10.1. The van der Waals surface area contributed by atoms with Crippen LogP contribution in [0.3, 0.4) is 0 Å². The van der Waals surface area contributed by atoms with Crippen molar-refractivity contribution in [1.82, 2.24) is 4.90 Å². The molecule has 1 N–H and O–H groups in total. The first-order valence-corrected chi connectivity index (χ1v) is 8.04. The predicted molar refractivity (Wildman–Crippen MR) is 88.5 cm³/mol. The molecule has 0 radical (unpaired) electrons. The van der Waals surface area contributed by atoms with Crippen LogP contribution in [-0.4, -0.2) is 35.5 Å². The monoisotopic (exact) mass is 353 g/mol. The Kier molecular flexibility index (Phi) is 6.15. The molecule has 0 aliphatic rings. The molecular weight excluding hydrogens is 338 g/mol. The molecule has 0 aliphatic heterocycles. The normalized spacial score (nSPS) is 10.4. The van der Waals surface area contributed by atoms with Crippen LogP contribution < -0.4 is 0 Å². The molecule has 1 heterocycles. The zero-order chi connectivity index (χ0) is 16.8. The molecule has 122 valence electrons. The van der Waals surface area contributed by atoms with Gasteiger partial charge < -0.3 is 14.7 Å². The maximum atomic E-state index is 12.0. The van der Waals surface area contributed by atoms with Gasteiger partial charge in [0, 0.05) is 11.9 Å². The molecule has 1 amide bonds. The highest BCUT2D eigenvalue weighted by Gasteiger charge is 2.14. The van der Waals surface area contributed by atoms with Crippen molar-refractivity contribution >= 4 is 34.8 Å². The van der Waals surface area contributed by atoms with Crippen molar-refractivity contribution in [3.05, 3.63) is 56.7 Å². The summed E-state index contributed by atoms with van der Waals surface area (Å²) in [4.78, 5) is 26.3. The van der Waals surface area contributed by atoms with Crippen molar-refractivity contribution in [2.75, 3.05) is 13.7 Å². The summed E-state index contributed by atoms with van der Waals surface area (Å²) in [5.74, 6) is -0.870. The van der Waals surface area contributed by atoms with E-state index in [2.05, 4.69) is 0 Å². The number of hydrogen-bond donors (Lipinski definition) is 1. The maximum absolute atomic E-state index is 12.0. The zero-order valence-corrected chi connectivity index (χ0v) is 14.1. The Hall–Kier alpha value is -1.89. The van der Waals surface area contributed by atoms with E-state index in [0.717, 1.165) is 4.88 Å². The molecule has 0 saturated heterocycles. The van der Waals surface area contributed by atoms with Gasteiger partial charge in [0.25, 0.3) is 5.91 Å². The molecule has 1 aromatic carbocycles. The van der Waals surface area contributed by atoms with Crippen LogP contribution in [0.25, 0.3) is 0 Å². The first-order chi connectivity index (χ1) is 11.0. The fourth-order valence-corrected chi connectivity index (χ4v) is 2.97. The standard InChI is InChI=1S/C16H16ClNO4S/c1-18(8-13-6-7-14(17)23-13)15(20)10-22-16(21)12-4-2-11(9-19)3-5-12/h2-7,19H,8-10H2,1H3. The van der Waals surface area contributed by atoms with Gasteiger partial charge in [-0.25, -0.2) is 4.79 Å². The zero-order valence-electron chi connectivity index (χ0n) is 12.5. The Morgan fingerprint density at radius 2 is 1.91 bits per heavy atom. The van der Waals surface area contributed by atoms with E-state index >= 15 is 0 Å². The number of aliphatic hydroxyl groups is 1. The third kappa shape index (κ3) is 5.06. The van der Waals surface area contributed by atoms with Crippen molar-refractivity contribution in [3.8, 4) is 0 Å². The van der Waals surface area contributed by atoms with Crippen LogP contribution in [0.1, 0.15) is 20.8 Å². The summed E-state index contributed by atoms with van der Waals surface area (Å²) in [6, 6.07) is 9.99. The minimum Gasteiger partial charge on any atom is -0.452 e. The Bertz CT molecular complexity index is 684. The SMILES string of the molecule is CN(Cc1ccc(Cl)s1)C(=O)COC(=O)c1ccc(CO)cc1. The lowest BCUT2D eigenvalue weighted by molar-refractivity contribution is -0.133. The number of likely N-dealkylation sites (N-methyl/N-ethyl adjacent to an activating group) is 1. The minimum absolute atomic E-state index is 0.0919. The molecule has 0 fully saturated rings. The van der Waals surface area contributed by atoms with Crippen molar-refractivity contribution in [2.45, 2.75) is 13.2 Å². The number of amides is 1. The first-order valence-electron chi connectivity index (χ1n) is 6.84. The van der Waals surface area contributed by atoms with Gasteiger partial charge in [-0.05, 0) is 29.8 Å². The third-order valence-electron chi connectivity index (χ3n) is 3.15. The van der Waals surface area contributed by atoms with E-state index in [-0.39, 0.29) is 19.1 Å². The van der Waals surface area contributed by atoms with Gasteiger partial charge in [0.2, 0.25) is 0 Å². The van der Waals surface area contributed by atoms with Gasteiger partial charge in [-0.15, -0.1) is 11.3 Å². The van der Waals surface area contributed by atoms with Crippen LogP contribution in [-0.2, 0) is 22.7 Å². The van der Waals surface area contributed by atoms with Gasteiger partial charge >= 0.3 is 5.97 Å². The quantitative estimate of drug-likeness (QED) is 0.811. The average Bonchev–Trinajstić information content (AvgIpc) is 2.97. The molecule has 0 atom stereocenters. The van der Waals surface area contributed by atoms with E-state index in [0.29, 0.717) is 22.0 Å². The number of hydrogen-bond acceptors (Lipinski definition) is 5. The van der Waals surface area contributed by atoms with Crippen LogP contribution in [0.2, 0.25) is 4.34 Å². The fourth-order valence-electron chi connectivity index (χ4n) is 1.83. The number of esters is 1. The van der Waals surface area contributed by atoms with Gasteiger partial charge in [-0.3, -0.25) is 4.79 Å². The van der Waals surface area contributed by atoms with Gasteiger partial charge in [0.05, 0.1) is 23.1 Å². The molecule has 7 heteroatoms. The van der Waals surface area contributed by atoms with Gasteiger partial charge in [-0.1, -0.05) is 23.7 Å². The van der Waals surface area contributed by atoms with E-state index in [9.17, 15) is 9.59 Å². The summed E-state index contributed by atoms with van der Waals surface area (Å²) >= 11 is 7.25. The van der Waals surface area contributed by atoms with E-state index in [1.807, 2.05) is 6.07 Å². The summed E-state index contributed by atoms with van der Waals surface area (Å²) in [6.45, 7) is 0.000500. The highest BCUT2D eigenvalue weighted by atomic mass is 35.5. The van der Waals surface area contributed by atoms with E-state index in [1.165, 1.54) is 16.2 Å². The van der Waals surface area contributed by atoms with Crippen LogP contribution in [0.15, 0.2) is 36.4 Å². The van der Waals surface area contributed by atoms with Crippen molar-refractivity contribution < 1.29 is 19.4 Å². The minimum atomic E-state index is -0.574. The maximum Gasteiger partial charge on any atom is 0.338 e. The molecular formula is C16H16ClNO4S. The Morgan fingerprint density at radius 1 is 1.22 bits per heavy atom. The van der Waals surface area contributed by atoms with E-state index < -0.39 is 5.97 Å². The van der Waals surface area contributed by atoms with Crippen molar-refractivity contribution in [2.24, 2.45) is 0 Å². The lowest BCUT2D eigenvalue weighted by Crippen LogP contribution is -2.30. The highest BCUT2D eigenvalue weighted by molar-refractivity contribution is 7.16. The summed E-state index contributed by atoms with van der Waals surface area (Å²) in [5.41, 5.74) is 1.04. The number of thiophene rings is 1. The molecule has 1 aromatic heterocycles. The molecule has 0 aliphatic carbocycles. The number of carbonyl (C=O) groups excluding carboxylic acids is 2. The van der Waals surface area contributed by atoms with Crippen LogP contribution in [0, 0.1) is 0 Å². The van der Waals surface area contributed by atoms with Crippen LogP contribution in [0.4, 0.5) is 0 Å². The van der Waals surface area contributed by atoms with Crippen LogP contribution >= 0.6 is 22.9 Å². The number of carbonyl (C=O) groups is 2. The Morgan fingerprint density at radius 3 is 2.48 bits per heavy atom. The molecule has 0 saturated carbocycles. The molecule has 0 bridgehead atoms. The average molecular weight is 354 g/mol. The lowest BCUT2D eigenvalue weighted by Gasteiger charge is -2.16. The highest BCUT2D eigenvalue weighted by Crippen LogP contribution is 2.22. The number of ether oxygens (including phenoxy) is 1. The Labute approximate surface area is 143 Å². The van der Waals surface area contributed by atoms with Crippen molar-refractivity contribution in [3.63, 3.8) is 0 Å². The molecule has 23 heavy (non-hydrogen) atoms. The summed E-state index contributed by atoms with van der Waals surface area (Å²) in [6.07, 6.45) is 0. The van der Waals surface area contributed by atoms with Gasteiger partial charge in [0.15, 0.2) is 6.61 Å². The molecule has 0 unspecified atom stereocenters. The molecule has 2 aromatic rings. The first kappa shape index (κ1) is 17.5. The summed E-state index contributed by atoms with van der Waals surface area (Å²) in [7, 11) is 1.64. The number of rotatable bonds is 6. The van der Waals surface area contributed by atoms with Crippen molar-refractivity contribution in [1.29, 1.82) is 0 Å². The molecule has 0 spiro atoms. The number of aliphatic hydroxyl groups excluding tert-OH is 1. The van der Waals surface area contributed by atoms with E-state index in [1.54, 1.807) is 37.4 Å². The molecule has 2 rings (SSSR count). The van der Waals surface area contributed by atoms with Gasteiger partial charge in [-0.2, -0.15) is 0 Å². The van der Waals surface area contributed by atoms with E-state index in [4.69, 9.17) is 21.4 Å². The summed E-state index contributed by atoms with van der Waals surface area (Å²) in [5, 5.41) is 8.95. The smallest absolute Gasteiger partial charge is 0.338 e. The summed E-state index contributed by atoms with van der Waals surface area (Å²) < 4.78 is 5.68. The second-order valence-corrected chi connectivity index (χ2v) is 6.69. The molecule has 5 nitrogen and oxygen atoms in total. The van der Waals surface area contributed by atoms with Crippen LogP contribution in [0.5, 0.6) is 0 Å².